The van der Waals surface area contributed by atoms with Gasteiger partial charge in [0.05, 0.1) is 17.3 Å². The molecule has 66 valence electrons. The molecule has 1 rings (SSSR count). The first-order valence-electron chi connectivity index (χ1n) is 3.31. The molecule has 0 aliphatic carbocycles. The van der Waals surface area contributed by atoms with Crippen LogP contribution in [0.1, 0.15) is 5.56 Å². The number of aliphatic hydroxyl groups excluding tert-OH is 1. The SMILES string of the molecule is COc1cc(Br)cc(CO)c1I. The molecule has 0 aliphatic heterocycles. The summed E-state index contributed by atoms with van der Waals surface area (Å²) in [4.78, 5) is 0. The van der Waals surface area contributed by atoms with Crippen LogP contribution in [-0.4, -0.2) is 12.2 Å². The molecule has 0 bridgehead atoms. The van der Waals surface area contributed by atoms with Gasteiger partial charge in [-0.15, -0.1) is 0 Å². The Morgan fingerprint density at radius 3 is 2.75 bits per heavy atom. The fraction of sp³-hybridized carbons (Fsp3) is 0.250. The van der Waals surface area contributed by atoms with Crippen LogP contribution < -0.4 is 4.74 Å². The Bertz CT molecular complexity index is 263. The van der Waals surface area contributed by atoms with Crippen molar-refractivity contribution >= 4 is 38.5 Å². The van der Waals surface area contributed by atoms with Crippen molar-refractivity contribution in [2.24, 2.45) is 0 Å². The molecule has 0 saturated heterocycles. The van der Waals surface area contributed by atoms with Crippen LogP contribution in [0.2, 0.25) is 0 Å². The maximum absolute atomic E-state index is 8.98. The Labute approximate surface area is 93.2 Å². The Kier molecular flexibility index (Phi) is 3.79. The van der Waals surface area contributed by atoms with Crippen LogP contribution in [0.15, 0.2) is 16.6 Å². The lowest BCUT2D eigenvalue weighted by Crippen LogP contribution is -1.93. The molecule has 0 heterocycles. The third-order valence-corrected chi connectivity index (χ3v) is 3.15. The van der Waals surface area contributed by atoms with Crippen molar-refractivity contribution in [1.82, 2.24) is 0 Å². The standard InChI is InChI=1S/C8H8BrIO2/c1-12-7-3-6(9)2-5(4-11)8(7)10/h2-3,11H,4H2,1H3. The Morgan fingerprint density at radius 1 is 1.58 bits per heavy atom. The minimum absolute atomic E-state index is 0.0358. The summed E-state index contributed by atoms with van der Waals surface area (Å²) in [6, 6.07) is 3.76. The number of methoxy groups -OCH3 is 1. The van der Waals surface area contributed by atoms with Crippen LogP contribution in [0.5, 0.6) is 5.75 Å². The zero-order valence-electron chi connectivity index (χ0n) is 6.47. The number of halogens is 2. The van der Waals surface area contributed by atoms with Crippen LogP contribution in [0.4, 0.5) is 0 Å². The molecule has 2 nitrogen and oxygen atoms in total. The molecule has 12 heavy (non-hydrogen) atoms. The summed E-state index contributed by atoms with van der Waals surface area (Å²) in [5, 5.41) is 8.98. The fourth-order valence-electron chi connectivity index (χ4n) is 0.882. The van der Waals surface area contributed by atoms with Gasteiger partial charge in [-0.05, 0) is 40.3 Å². The fourth-order valence-corrected chi connectivity index (χ4v) is 2.07. The minimum atomic E-state index is 0.0358. The first kappa shape index (κ1) is 10.3. The van der Waals surface area contributed by atoms with Crippen LogP contribution >= 0.6 is 38.5 Å². The van der Waals surface area contributed by atoms with Gasteiger partial charge in [0.25, 0.3) is 0 Å². The average molecular weight is 343 g/mol. The number of ether oxygens (including phenoxy) is 1. The van der Waals surface area contributed by atoms with Crippen molar-refractivity contribution in [3.8, 4) is 5.75 Å². The smallest absolute Gasteiger partial charge is 0.133 e. The van der Waals surface area contributed by atoms with E-state index < -0.39 is 0 Å². The Hall–Kier alpha value is 0.190. The van der Waals surface area contributed by atoms with Gasteiger partial charge in [-0.1, -0.05) is 15.9 Å². The first-order valence-corrected chi connectivity index (χ1v) is 5.19. The van der Waals surface area contributed by atoms with E-state index in [9.17, 15) is 0 Å². The quantitative estimate of drug-likeness (QED) is 0.837. The van der Waals surface area contributed by atoms with Crippen molar-refractivity contribution in [3.63, 3.8) is 0 Å². The number of benzene rings is 1. The van der Waals surface area contributed by atoms with E-state index in [1.807, 2.05) is 12.1 Å². The third-order valence-electron chi connectivity index (χ3n) is 1.47. The highest BCUT2D eigenvalue weighted by atomic mass is 127. The summed E-state index contributed by atoms with van der Waals surface area (Å²) in [6.45, 7) is 0.0358. The molecule has 4 heteroatoms. The van der Waals surface area contributed by atoms with Gasteiger partial charge in [0.2, 0.25) is 0 Å². The molecular formula is C8H8BrIO2. The second kappa shape index (κ2) is 4.43. The van der Waals surface area contributed by atoms with Crippen molar-refractivity contribution < 1.29 is 9.84 Å². The van der Waals surface area contributed by atoms with Gasteiger partial charge in [-0.25, -0.2) is 0 Å². The predicted octanol–water partition coefficient (Wildman–Crippen LogP) is 2.55. The molecular weight excluding hydrogens is 335 g/mol. The van der Waals surface area contributed by atoms with Gasteiger partial charge in [0.1, 0.15) is 5.75 Å². The molecule has 0 fully saturated rings. The molecule has 1 aromatic carbocycles. The maximum Gasteiger partial charge on any atom is 0.133 e. The molecule has 1 aromatic rings. The number of hydrogen-bond acceptors (Lipinski definition) is 2. The van der Waals surface area contributed by atoms with E-state index in [1.165, 1.54) is 0 Å². The largest absolute Gasteiger partial charge is 0.496 e. The number of aliphatic hydroxyl groups is 1. The molecule has 1 N–H and O–H groups in total. The maximum atomic E-state index is 8.98. The average Bonchev–Trinajstić information content (AvgIpc) is 2.08. The van der Waals surface area contributed by atoms with Crippen LogP contribution in [0, 0.1) is 3.57 Å². The minimum Gasteiger partial charge on any atom is -0.496 e. The van der Waals surface area contributed by atoms with Crippen LogP contribution in [0.3, 0.4) is 0 Å². The van der Waals surface area contributed by atoms with Gasteiger partial charge in [0.15, 0.2) is 0 Å². The normalized spacial score (nSPS) is 10.0. The molecule has 0 unspecified atom stereocenters. The highest BCUT2D eigenvalue weighted by Gasteiger charge is 2.06. The van der Waals surface area contributed by atoms with Crippen molar-refractivity contribution in [2.45, 2.75) is 6.61 Å². The lowest BCUT2D eigenvalue weighted by molar-refractivity contribution is 0.280. The summed E-state index contributed by atoms with van der Waals surface area (Å²) in [5.41, 5.74) is 0.877. The Balaban J connectivity index is 3.22. The highest BCUT2D eigenvalue weighted by molar-refractivity contribution is 14.1. The van der Waals surface area contributed by atoms with Gasteiger partial charge in [0, 0.05) is 4.47 Å². The summed E-state index contributed by atoms with van der Waals surface area (Å²) in [5.74, 6) is 0.786. The third kappa shape index (κ3) is 2.11. The lowest BCUT2D eigenvalue weighted by Gasteiger charge is -2.07. The van der Waals surface area contributed by atoms with Crippen LogP contribution in [0.25, 0.3) is 0 Å². The first-order chi connectivity index (χ1) is 5.69. The van der Waals surface area contributed by atoms with Gasteiger partial charge in [-0.2, -0.15) is 0 Å². The molecule has 0 saturated carbocycles. The van der Waals surface area contributed by atoms with Gasteiger partial charge >= 0.3 is 0 Å². The molecule has 0 aromatic heterocycles. The summed E-state index contributed by atoms with van der Waals surface area (Å²) < 4.78 is 7.00. The topological polar surface area (TPSA) is 29.5 Å². The zero-order chi connectivity index (χ0) is 9.14. The van der Waals surface area contributed by atoms with Crippen molar-refractivity contribution in [2.75, 3.05) is 7.11 Å². The van der Waals surface area contributed by atoms with Gasteiger partial charge < -0.3 is 9.84 Å². The monoisotopic (exact) mass is 342 g/mol. The molecule has 0 aliphatic rings. The lowest BCUT2D eigenvalue weighted by atomic mass is 10.2. The molecule has 0 radical (unpaired) electrons. The number of rotatable bonds is 2. The summed E-state index contributed by atoms with van der Waals surface area (Å²) in [7, 11) is 1.62. The summed E-state index contributed by atoms with van der Waals surface area (Å²) >= 11 is 5.49. The van der Waals surface area contributed by atoms with E-state index in [-0.39, 0.29) is 6.61 Å². The number of hydrogen-bond donors (Lipinski definition) is 1. The van der Waals surface area contributed by atoms with E-state index in [2.05, 4.69) is 38.5 Å². The van der Waals surface area contributed by atoms with Gasteiger partial charge in [-0.3, -0.25) is 0 Å². The zero-order valence-corrected chi connectivity index (χ0v) is 10.2. The van der Waals surface area contributed by atoms with Crippen molar-refractivity contribution in [1.29, 1.82) is 0 Å². The Morgan fingerprint density at radius 2 is 2.25 bits per heavy atom. The highest BCUT2D eigenvalue weighted by Crippen LogP contribution is 2.28. The van der Waals surface area contributed by atoms with E-state index in [4.69, 9.17) is 9.84 Å². The molecule has 0 amide bonds. The second-order valence-corrected chi connectivity index (χ2v) is 4.23. The van der Waals surface area contributed by atoms with E-state index in [0.717, 1.165) is 19.4 Å². The van der Waals surface area contributed by atoms with E-state index in [0.29, 0.717) is 0 Å². The molecule has 0 spiro atoms. The van der Waals surface area contributed by atoms with E-state index in [1.54, 1.807) is 7.11 Å². The molecule has 0 atom stereocenters. The summed E-state index contributed by atoms with van der Waals surface area (Å²) in [6.07, 6.45) is 0. The van der Waals surface area contributed by atoms with Crippen molar-refractivity contribution in [3.05, 3.63) is 25.7 Å². The van der Waals surface area contributed by atoms with E-state index >= 15 is 0 Å². The second-order valence-electron chi connectivity index (χ2n) is 2.24. The predicted molar refractivity (Wildman–Crippen MR) is 59.3 cm³/mol. The van der Waals surface area contributed by atoms with Crippen LogP contribution in [-0.2, 0) is 6.61 Å².